The molecule has 2 rings (SSSR count). The fourth-order valence-electron chi connectivity index (χ4n) is 1.57. The first kappa shape index (κ1) is 13.5. The van der Waals surface area contributed by atoms with Crippen molar-refractivity contribution in [2.45, 2.75) is 16.3 Å². The molecule has 0 saturated heterocycles. The van der Waals surface area contributed by atoms with Gasteiger partial charge in [-0.1, -0.05) is 30.0 Å². The van der Waals surface area contributed by atoms with Crippen LogP contribution in [0.1, 0.15) is 5.56 Å². The van der Waals surface area contributed by atoms with Crippen LogP contribution in [-0.2, 0) is 6.54 Å². The van der Waals surface area contributed by atoms with Crippen molar-refractivity contribution < 1.29 is 4.74 Å². The first-order valence-electron chi connectivity index (χ1n) is 5.54. The summed E-state index contributed by atoms with van der Waals surface area (Å²) >= 11 is 5.24. The van der Waals surface area contributed by atoms with Gasteiger partial charge in [0.05, 0.1) is 7.11 Å². The number of benzene rings is 2. The van der Waals surface area contributed by atoms with E-state index in [1.165, 1.54) is 4.90 Å². The van der Waals surface area contributed by atoms with Gasteiger partial charge in [-0.15, -0.1) is 0 Å². The van der Waals surface area contributed by atoms with Crippen LogP contribution in [0.4, 0.5) is 0 Å². The third kappa shape index (κ3) is 3.07. The minimum Gasteiger partial charge on any atom is -0.497 e. The lowest BCUT2D eigenvalue weighted by molar-refractivity contribution is 0.413. The minimum absolute atomic E-state index is 0.525. The number of halogens is 1. The summed E-state index contributed by atoms with van der Waals surface area (Å²) in [6, 6.07) is 14.1. The second-order valence-corrected chi connectivity index (χ2v) is 5.65. The quantitative estimate of drug-likeness (QED) is 0.921. The Bertz CT molecular complexity index is 545. The molecule has 0 unspecified atom stereocenters. The lowest BCUT2D eigenvalue weighted by Crippen LogP contribution is -1.98. The molecule has 0 fully saturated rings. The van der Waals surface area contributed by atoms with Crippen molar-refractivity contribution in [3.63, 3.8) is 0 Å². The molecular weight excluding hydrogens is 310 g/mol. The van der Waals surface area contributed by atoms with Gasteiger partial charge >= 0.3 is 0 Å². The molecule has 2 aromatic carbocycles. The van der Waals surface area contributed by atoms with Gasteiger partial charge in [0.1, 0.15) is 5.75 Å². The number of hydrogen-bond donors (Lipinski definition) is 1. The maximum Gasteiger partial charge on any atom is 0.120 e. The number of rotatable bonds is 4. The third-order valence-corrected chi connectivity index (χ3v) is 4.68. The zero-order valence-corrected chi connectivity index (χ0v) is 12.4. The third-order valence-electron chi connectivity index (χ3n) is 2.55. The van der Waals surface area contributed by atoms with Crippen molar-refractivity contribution in [3.05, 3.63) is 52.5 Å². The first-order valence-corrected chi connectivity index (χ1v) is 7.15. The lowest BCUT2D eigenvalue weighted by Gasteiger charge is -2.10. The van der Waals surface area contributed by atoms with Gasteiger partial charge in [0, 0.05) is 20.8 Å². The van der Waals surface area contributed by atoms with Crippen molar-refractivity contribution in [2.24, 2.45) is 5.73 Å². The van der Waals surface area contributed by atoms with Crippen molar-refractivity contribution in [2.75, 3.05) is 7.11 Å². The van der Waals surface area contributed by atoms with Crippen LogP contribution in [0.5, 0.6) is 5.75 Å². The summed E-state index contributed by atoms with van der Waals surface area (Å²) in [6.45, 7) is 0.525. The molecule has 0 aliphatic rings. The zero-order valence-electron chi connectivity index (χ0n) is 10.0. The molecule has 0 saturated carbocycles. The Balaban J connectivity index is 2.35. The standard InChI is InChI=1S/C14H14BrNOS/c1-17-11-7-6-10(9-16)14(8-11)18-13-5-3-2-4-12(13)15/h2-8H,9,16H2,1H3. The molecule has 2 aromatic rings. The van der Waals surface area contributed by atoms with Crippen LogP contribution in [0.25, 0.3) is 0 Å². The average molecular weight is 324 g/mol. The van der Waals surface area contributed by atoms with Gasteiger partial charge in [0.2, 0.25) is 0 Å². The van der Waals surface area contributed by atoms with Crippen LogP contribution in [0.2, 0.25) is 0 Å². The average Bonchev–Trinajstić information content (AvgIpc) is 2.41. The Kier molecular flexibility index (Phi) is 4.69. The molecular formula is C14H14BrNOS. The molecule has 2 N–H and O–H groups in total. The number of hydrogen-bond acceptors (Lipinski definition) is 3. The van der Waals surface area contributed by atoms with Gasteiger partial charge in [0.15, 0.2) is 0 Å². The van der Waals surface area contributed by atoms with E-state index in [9.17, 15) is 0 Å². The Labute approximate surface area is 120 Å². The maximum atomic E-state index is 5.77. The Hall–Kier alpha value is -0.970. The van der Waals surface area contributed by atoms with E-state index in [1.807, 2.05) is 36.4 Å². The van der Waals surface area contributed by atoms with Gasteiger partial charge in [-0.3, -0.25) is 0 Å². The molecule has 0 radical (unpaired) electrons. The predicted octanol–water partition coefficient (Wildman–Crippen LogP) is 4.07. The predicted molar refractivity (Wildman–Crippen MR) is 79.2 cm³/mol. The second-order valence-electron chi connectivity index (χ2n) is 3.71. The van der Waals surface area contributed by atoms with E-state index in [1.54, 1.807) is 18.9 Å². The van der Waals surface area contributed by atoms with E-state index >= 15 is 0 Å². The molecule has 0 atom stereocenters. The second kappa shape index (κ2) is 6.27. The highest BCUT2D eigenvalue weighted by Crippen LogP contribution is 2.36. The number of nitrogens with two attached hydrogens (primary N) is 1. The number of methoxy groups -OCH3 is 1. The fourth-order valence-corrected chi connectivity index (χ4v) is 3.11. The van der Waals surface area contributed by atoms with E-state index in [-0.39, 0.29) is 0 Å². The van der Waals surface area contributed by atoms with Gasteiger partial charge in [0.25, 0.3) is 0 Å². The summed E-state index contributed by atoms with van der Waals surface area (Å²) in [6.07, 6.45) is 0. The summed E-state index contributed by atoms with van der Waals surface area (Å²) in [4.78, 5) is 2.30. The lowest BCUT2D eigenvalue weighted by atomic mass is 10.2. The van der Waals surface area contributed by atoms with E-state index in [2.05, 4.69) is 22.0 Å². The minimum atomic E-state index is 0.525. The topological polar surface area (TPSA) is 35.2 Å². The van der Waals surface area contributed by atoms with Gasteiger partial charge in [-0.25, -0.2) is 0 Å². The van der Waals surface area contributed by atoms with Gasteiger partial charge < -0.3 is 10.5 Å². The molecule has 0 aliphatic heterocycles. The summed E-state index contributed by atoms with van der Waals surface area (Å²) in [7, 11) is 1.67. The molecule has 94 valence electrons. The fraction of sp³-hybridized carbons (Fsp3) is 0.143. The highest BCUT2D eigenvalue weighted by molar-refractivity contribution is 9.10. The van der Waals surface area contributed by atoms with Crippen molar-refractivity contribution in [3.8, 4) is 5.75 Å². The van der Waals surface area contributed by atoms with Gasteiger partial charge in [-0.2, -0.15) is 0 Å². The molecule has 2 nitrogen and oxygen atoms in total. The van der Waals surface area contributed by atoms with Crippen LogP contribution in [0.15, 0.2) is 56.7 Å². The van der Waals surface area contributed by atoms with Crippen LogP contribution < -0.4 is 10.5 Å². The van der Waals surface area contributed by atoms with Crippen molar-refractivity contribution in [1.82, 2.24) is 0 Å². The molecule has 0 aliphatic carbocycles. The van der Waals surface area contributed by atoms with Crippen LogP contribution >= 0.6 is 27.7 Å². The first-order chi connectivity index (χ1) is 8.74. The number of ether oxygens (including phenoxy) is 1. The molecule has 4 heteroatoms. The normalized spacial score (nSPS) is 10.4. The molecule has 0 aromatic heterocycles. The van der Waals surface area contributed by atoms with Crippen LogP contribution in [0.3, 0.4) is 0 Å². The van der Waals surface area contributed by atoms with E-state index in [0.29, 0.717) is 6.54 Å². The maximum absolute atomic E-state index is 5.77. The Morgan fingerprint density at radius 1 is 1.17 bits per heavy atom. The van der Waals surface area contributed by atoms with E-state index < -0.39 is 0 Å². The van der Waals surface area contributed by atoms with Crippen LogP contribution in [0, 0.1) is 0 Å². The SMILES string of the molecule is COc1ccc(CN)c(Sc2ccccc2Br)c1. The molecule has 0 amide bonds. The largest absolute Gasteiger partial charge is 0.497 e. The Morgan fingerprint density at radius 2 is 1.94 bits per heavy atom. The van der Waals surface area contributed by atoms with E-state index in [0.717, 1.165) is 20.7 Å². The molecule has 0 spiro atoms. The van der Waals surface area contributed by atoms with E-state index in [4.69, 9.17) is 10.5 Å². The van der Waals surface area contributed by atoms with Crippen molar-refractivity contribution in [1.29, 1.82) is 0 Å². The highest BCUT2D eigenvalue weighted by Gasteiger charge is 2.07. The monoisotopic (exact) mass is 323 g/mol. The smallest absolute Gasteiger partial charge is 0.120 e. The summed E-state index contributed by atoms with van der Waals surface area (Å²) in [5.74, 6) is 0.849. The van der Waals surface area contributed by atoms with Gasteiger partial charge in [-0.05, 0) is 45.8 Å². The molecule has 0 heterocycles. The molecule has 18 heavy (non-hydrogen) atoms. The zero-order chi connectivity index (χ0) is 13.0. The summed E-state index contributed by atoms with van der Waals surface area (Å²) in [5.41, 5.74) is 6.89. The summed E-state index contributed by atoms with van der Waals surface area (Å²) in [5, 5.41) is 0. The summed E-state index contributed by atoms with van der Waals surface area (Å²) < 4.78 is 6.34. The molecule has 0 bridgehead atoms. The highest BCUT2D eigenvalue weighted by atomic mass is 79.9. The van der Waals surface area contributed by atoms with Crippen molar-refractivity contribution >= 4 is 27.7 Å². The Morgan fingerprint density at radius 3 is 2.61 bits per heavy atom. The van der Waals surface area contributed by atoms with Crippen LogP contribution in [-0.4, -0.2) is 7.11 Å².